The molecule has 0 spiro atoms. The number of urea groups is 1. The van der Waals surface area contributed by atoms with Gasteiger partial charge in [-0.05, 0) is 47.9 Å². The van der Waals surface area contributed by atoms with Gasteiger partial charge in [-0.1, -0.05) is 42.5 Å². The van der Waals surface area contributed by atoms with Crippen molar-refractivity contribution in [3.8, 4) is 11.5 Å². The molecule has 1 aliphatic heterocycles. The summed E-state index contributed by atoms with van der Waals surface area (Å²) in [6, 6.07) is 22.8. The van der Waals surface area contributed by atoms with E-state index in [1.54, 1.807) is 23.6 Å². The number of hydrogen-bond acceptors (Lipinski definition) is 5. The number of carbonyl (C=O) groups is 1. The first-order chi connectivity index (χ1) is 20.5. The Balaban J connectivity index is 1.49. The molecule has 1 saturated heterocycles. The van der Waals surface area contributed by atoms with Crippen LogP contribution in [0.5, 0.6) is 11.5 Å². The van der Waals surface area contributed by atoms with Crippen LogP contribution < -0.4 is 15.6 Å². The third kappa shape index (κ3) is 4.96. The molecule has 0 aliphatic carbocycles. The molecule has 2 amide bonds. The number of aromatic nitrogens is 2. The van der Waals surface area contributed by atoms with E-state index in [0.717, 1.165) is 27.7 Å². The molecule has 2 aromatic heterocycles. The van der Waals surface area contributed by atoms with Crippen LogP contribution in [0.1, 0.15) is 28.3 Å². The minimum Gasteiger partial charge on any atom is -0.507 e. The molecule has 5 aromatic rings. The minimum atomic E-state index is -0.614. The number of amides is 2. The highest BCUT2D eigenvalue weighted by Gasteiger charge is 2.30. The maximum Gasteiger partial charge on any atom is 0.317 e. The van der Waals surface area contributed by atoms with Gasteiger partial charge in [0.25, 0.3) is 5.56 Å². The molecule has 42 heavy (non-hydrogen) atoms. The third-order valence-corrected chi connectivity index (χ3v) is 8.13. The maximum atomic E-state index is 14.0. The number of fused-ring (bicyclic) bond motifs is 2. The van der Waals surface area contributed by atoms with Crippen molar-refractivity contribution >= 4 is 27.8 Å². The number of hydrogen-bond donors (Lipinski definition) is 3. The number of rotatable bonds is 7. The third-order valence-electron chi connectivity index (χ3n) is 8.13. The lowest BCUT2D eigenvalue weighted by Gasteiger charge is -2.27. The van der Waals surface area contributed by atoms with Crippen LogP contribution in [-0.4, -0.2) is 65.5 Å². The lowest BCUT2D eigenvalue weighted by molar-refractivity contribution is 0.0533. The number of morpholine rings is 1. The Labute approximate surface area is 243 Å². The predicted molar refractivity (Wildman–Crippen MR) is 163 cm³/mol. The molecule has 1 aliphatic rings. The van der Waals surface area contributed by atoms with E-state index in [-0.39, 0.29) is 22.9 Å². The molecule has 1 atom stereocenters. The van der Waals surface area contributed by atoms with Crippen LogP contribution in [0.2, 0.25) is 0 Å². The molecule has 9 heteroatoms. The maximum absolute atomic E-state index is 14.0. The van der Waals surface area contributed by atoms with Gasteiger partial charge in [0.15, 0.2) is 0 Å². The minimum absolute atomic E-state index is 0.0419. The van der Waals surface area contributed by atoms with Gasteiger partial charge in [-0.2, -0.15) is 0 Å². The molecule has 6 rings (SSSR count). The number of H-pyrrole nitrogens is 1. The summed E-state index contributed by atoms with van der Waals surface area (Å²) in [5.41, 5.74) is 4.16. The number of nitrogens with one attached hydrogen (secondary N) is 2. The Bertz CT molecular complexity index is 1800. The summed E-state index contributed by atoms with van der Waals surface area (Å²) in [6.45, 7) is 2.60. The van der Waals surface area contributed by atoms with Crippen LogP contribution in [-0.2, 0) is 18.2 Å². The quantitative estimate of drug-likeness (QED) is 0.269. The Kier molecular flexibility index (Phi) is 7.58. The second kappa shape index (κ2) is 11.6. The number of nitrogens with zero attached hydrogens (tertiary/aromatic N) is 2. The highest BCUT2D eigenvalue weighted by molar-refractivity contribution is 5.88. The summed E-state index contributed by atoms with van der Waals surface area (Å²) in [7, 11) is 3.34. The van der Waals surface area contributed by atoms with E-state index in [4.69, 9.17) is 9.47 Å². The standard InChI is InChI=1S/C33H34N4O5/c1-36-27-10-6-4-8-25(27)31(38)29(32(36)39)28(21-11-13-22(41-2)14-12-21)30-24(23-7-3-5-9-26(23)35-30)15-16-34-33(40)37-17-19-42-20-18-37/h3-14,28,35,38H,15-20H2,1-2H3,(H,34,40). The largest absolute Gasteiger partial charge is 0.507 e. The number of aromatic hydroxyl groups is 1. The molecule has 216 valence electrons. The summed E-state index contributed by atoms with van der Waals surface area (Å²) >= 11 is 0. The van der Waals surface area contributed by atoms with Crippen LogP contribution in [0.4, 0.5) is 4.79 Å². The summed E-state index contributed by atoms with van der Waals surface area (Å²) < 4.78 is 12.4. The lowest BCUT2D eigenvalue weighted by Crippen LogP contribution is -2.46. The average molecular weight is 567 g/mol. The van der Waals surface area contributed by atoms with Crippen LogP contribution in [0.3, 0.4) is 0 Å². The van der Waals surface area contributed by atoms with E-state index < -0.39 is 5.92 Å². The second-order valence-electron chi connectivity index (χ2n) is 10.5. The smallest absolute Gasteiger partial charge is 0.317 e. The van der Waals surface area contributed by atoms with E-state index in [1.165, 1.54) is 0 Å². The van der Waals surface area contributed by atoms with Crippen molar-refractivity contribution in [1.82, 2.24) is 19.8 Å². The zero-order valence-corrected chi connectivity index (χ0v) is 23.7. The molecule has 3 aromatic carbocycles. The molecule has 0 radical (unpaired) electrons. The fourth-order valence-corrected chi connectivity index (χ4v) is 5.95. The van der Waals surface area contributed by atoms with Crippen LogP contribution in [0.25, 0.3) is 21.8 Å². The second-order valence-corrected chi connectivity index (χ2v) is 10.5. The molecule has 3 heterocycles. The molecule has 1 fully saturated rings. The fourth-order valence-electron chi connectivity index (χ4n) is 5.95. The van der Waals surface area contributed by atoms with Crippen LogP contribution in [0.15, 0.2) is 77.6 Å². The van der Waals surface area contributed by atoms with Gasteiger partial charge >= 0.3 is 6.03 Å². The van der Waals surface area contributed by atoms with E-state index in [9.17, 15) is 14.7 Å². The van der Waals surface area contributed by atoms with E-state index in [2.05, 4.69) is 10.3 Å². The zero-order valence-electron chi connectivity index (χ0n) is 23.7. The van der Waals surface area contributed by atoms with E-state index in [0.29, 0.717) is 55.9 Å². The van der Waals surface area contributed by atoms with Gasteiger partial charge in [0, 0.05) is 48.7 Å². The Hall–Kier alpha value is -4.76. The normalized spacial score (nSPS) is 14.3. The Morgan fingerprint density at radius 1 is 1.02 bits per heavy atom. The van der Waals surface area contributed by atoms with Gasteiger partial charge in [0.05, 0.1) is 37.3 Å². The molecule has 1 unspecified atom stereocenters. The van der Waals surface area contributed by atoms with Crippen molar-refractivity contribution in [3.05, 3.63) is 106 Å². The number of pyridine rings is 1. The summed E-state index contributed by atoms with van der Waals surface area (Å²) in [5.74, 6) is 0.0344. The summed E-state index contributed by atoms with van der Waals surface area (Å²) in [5, 5.41) is 16.3. The zero-order chi connectivity index (χ0) is 29.2. The molecule has 9 nitrogen and oxygen atoms in total. The molecular weight excluding hydrogens is 532 g/mol. The van der Waals surface area contributed by atoms with E-state index >= 15 is 0 Å². The topological polar surface area (TPSA) is 109 Å². The van der Waals surface area contributed by atoms with Crippen molar-refractivity contribution in [2.24, 2.45) is 7.05 Å². The first-order valence-corrected chi connectivity index (χ1v) is 14.1. The number of aromatic amines is 1. The predicted octanol–water partition coefficient (Wildman–Crippen LogP) is 4.50. The highest BCUT2D eigenvalue weighted by Crippen LogP contribution is 2.41. The molecule has 0 bridgehead atoms. The van der Waals surface area contributed by atoms with Crippen LogP contribution >= 0.6 is 0 Å². The number of ether oxygens (including phenoxy) is 2. The Morgan fingerprint density at radius 2 is 1.71 bits per heavy atom. The SMILES string of the molecule is COc1ccc(C(c2[nH]c3ccccc3c2CCNC(=O)N2CCOCC2)c2c(O)c3ccccc3n(C)c2=O)cc1. The number of carbonyl (C=O) groups excluding carboxylic acids is 1. The van der Waals surface area contributed by atoms with Crippen LogP contribution in [0, 0.1) is 0 Å². The lowest BCUT2D eigenvalue weighted by atomic mass is 9.85. The van der Waals surface area contributed by atoms with Crippen molar-refractivity contribution in [2.75, 3.05) is 40.0 Å². The van der Waals surface area contributed by atoms with E-state index in [1.807, 2.05) is 72.8 Å². The van der Waals surface area contributed by atoms with Gasteiger partial charge in [-0.3, -0.25) is 4.79 Å². The van der Waals surface area contributed by atoms with Gasteiger partial charge in [0.1, 0.15) is 11.5 Å². The van der Waals surface area contributed by atoms with Gasteiger partial charge in [0.2, 0.25) is 0 Å². The average Bonchev–Trinajstić information content (AvgIpc) is 3.40. The van der Waals surface area contributed by atoms with Gasteiger partial charge in [-0.15, -0.1) is 0 Å². The van der Waals surface area contributed by atoms with Gasteiger partial charge in [-0.25, -0.2) is 4.79 Å². The summed E-state index contributed by atoms with van der Waals surface area (Å²) in [6.07, 6.45) is 0.525. The van der Waals surface area contributed by atoms with Crippen molar-refractivity contribution in [1.29, 1.82) is 0 Å². The number of aryl methyl sites for hydroxylation is 1. The number of benzene rings is 3. The van der Waals surface area contributed by atoms with Crippen molar-refractivity contribution < 1.29 is 19.4 Å². The first kappa shape index (κ1) is 27.4. The summed E-state index contributed by atoms with van der Waals surface area (Å²) in [4.78, 5) is 32.2. The fraction of sp³-hybridized carbons (Fsp3) is 0.273. The molecular formula is C33H34N4O5. The Morgan fingerprint density at radius 3 is 2.45 bits per heavy atom. The number of methoxy groups -OCH3 is 1. The highest BCUT2D eigenvalue weighted by atomic mass is 16.5. The number of para-hydroxylation sites is 2. The van der Waals surface area contributed by atoms with Gasteiger partial charge < -0.3 is 34.3 Å². The molecule has 3 N–H and O–H groups in total. The first-order valence-electron chi connectivity index (χ1n) is 14.1. The van der Waals surface area contributed by atoms with Crippen molar-refractivity contribution in [3.63, 3.8) is 0 Å². The molecule has 0 saturated carbocycles. The van der Waals surface area contributed by atoms with Crippen molar-refractivity contribution in [2.45, 2.75) is 12.3 Å². The monoisotopic (exact) mass is 566 g/mol.